The maximum atomic E-state index is 12.7. The minimum absolute atomic E-state index is 0.0728. The molecule has 4 aliphatic rings. The maximum absolute atomic E-state index is 12.7. The van der Waals surface area contributed by atoms with E-state index in [2.05, 4.69) is 10.2 Å². The number of hydrogen-bond acceptors (Lipinski definition) is 4. The van der Waals surface area contributed by atoms with Gasteiger partial charge in [0, 0.05) is 34.7 Å². The molecule has 2 amide bonds. The third-order valence-electron chi connectivity index (χ3n) is 7.29. The third-order valence-corrected chi connectivity index (χ3v) is 7.29. The highest BCUT2D eigenvalue weighted by atomic mass is 16.6. The van der Waals surface area contributed by atoms with Crippen molar-refractivity contribution < 1.29 is 18.4 Å². The summed E-state index contributed by atoms with van der Waals surface area (Å²) in [5, 5.41) is 2.91. The lowest BCUT2D eigenvalue weighted by Crippen LogP contribution is -2.56. The molecule has 0 radical (unpaired) electrons. The summed E-state index contributed by atoms with van der Waals surface area (Å²) in [5.41, 5.74) is -0.739. The van der Waals surface area contributed by atoms with Gasteiger partial charge >= 0.3 is 6.09 Å². The highest BCUT2D eigenvalue weighted by Gasteiger charge is 2.51. The predicted octanol–water partition coefficient (Wildman–Crippen LogP) is 2.77. The van der Waals surface area contributed by atoms with Crippen LogP contribution in [-0.2, 0) is 9.53 Å². The molecule has 1 N–H and O–H groups in total. The first-order valence-electron chi connectivity index (χ1n) is 12.1. The van der Waals surface area contributed by atoms with Crippen molar-refractivity contribution >= 4 is 12.0 Å². The van der Waals surface area contributed by atoms with Crippen LogP contribution < -0.4 is 5.32 Å². The monoisotopic (exact) mass is 380 g/mol. The van der Waals surface area contributed by atoms with E-state index in [0.717, 1.165) is 64.7 Å². The Labute approximate surface area is 167 Å². The number of carbonyl (C=O) groups is 2. The summed E-state index contributed by atoms with van der Waals surface area (Å²) in [4.78, 5) is 29.0. The summed E-state index contributed by atoms with van der Waals surface area (Å²) in [5.74, 6) is -0.155. The van der Waals surface area contributed by atoms with E-state index in [9.17, 15) is 9.59 Å². The number of rotatable bonds is 4. The van der Waals surface area contributed by atoms with Crippen LogP contribution in [-0.4, -0.2) is 66.2 Å². The summed E-state index contributed by atoms with van der Waals surface area (Å²) >= 11 is 0. The van der Waals surface area contributed by atoms with Gasteiger partial charge < -0.3 is 19.9 Å². The number of ether oxygens (including phenoxy) is 1. The molecule has 0 atom stereocenters. The Morgan fingerprint density at radius 2 is 1.93 bits per heavy atom. The predicted molar refractivity (Wildman–Crippen MR) is 103 cm³/mol. The minimum atomic E-state index is -2.12. The Hall–Kier alpha value is -1.30. The number of piperidine rings is 1. The van der Waals surface area contributed by atoms with Crippen molar-refractivity contribution in [2.45, 2.75) is 76.7 Å². The van der Waals surface area contributed by atoms with E-state index in [-0.39, 0.29) is 23.3 Å². The Kier molecular flexibility index (Phi) is 4.20. The van der Waals surface area contributed by atoms with E-state index in [1.807, 2.05) is 11.8 Å². The molecule has 2 aliphatic heterocycles. The zero-order valence-electron chi connectivity index (χ0n) is 19.5. The first-order valence-corrected chi connectivity index (χ1v) is 10.6. The fraction of sp³-hybridized carbons (Fsp3) is 0.905. The van der Waals surface area contributed by atoms with Crippen LogP contribution in [0.4, 0.5) is 4.79 Å². The number of nitrogens with one attached hydrogen (secondary N) is 1. The lowest BCUT2D eigenvalue weighted by Gasteiger charge is -2.51. The van der Waals surface area contributed by atoms with E-state index in [0.29, 0.717) is 25.5 Å². The molecular formula is C21H35N3O3. The topological polar surface area (TPSA) is 61.9 Å². The molecule has 0 aromatic heterocycles. The third kappa shape index (κ3) is 3.82. The summed E-state index contributed by atoms with van der Waals surface area (Å²) in [6.07, 6.45) is 6.66. The first kappa shape index (κ1) is 15.6. The van der Waals surface area contributed by atoms with Gasteiger partial charge in [-0.25, -0.2) is 4.79 Å². The zero-order chi connectivity index (χ0) is 21.6. The van der Waals surface area contributed by atoms with Crippen molar-refractivity contribution in [3.63, 3.8) is 0 Å². The summed E-state index contributed by atoms with van der Waals surface area (Å²) in [6.45, 7) is 3.50. The standard InChI is InChI=1S/C21H35N3O3/c1-3-27-19(26)24-12-9-21(15-24)13-17(14-21)23-10-5-16(6-11-23)18(25)22-20(2)7-4-8-20/h16-17H,3-15H2,1-2H3,(H,22,25)/t17-,21-/i2D3. The number of carbonyl (C=O) groups excluding carboxylic acids is 2. The van der Waals surface area contributed by atoms with Crippen molar-refractivity contribution in [3.8, 4) is 0 Å². The maximum Gasteiger partial charge on any atom is 0.409 e. The molecule has 2 aliphatic carbocycles. The molecule has 0 aromatic carbocycles. The van der Waals surface area contributed by atoms with Gasteiger partial charge in [-0.05, 0) is 83.6 Å². The lowest BCUT2D eigenvalue weighted by molar-refractivity contribution is -0.130. The normalized spacial score (nSPS) is 35.5. The van der Waals surface area contributed by atoms with Crippen molar-refractivity contribution in [3.05, 3.63) is 0 Å². The van der Waals surface area contributed by atoms with E-state index >= 15 is 0 Å². The van der Waals surface area contributed by atoms with Crippen molar-refractivity contribution in [2.75, 3.05) is 32.8 Å². The van der Waals surface area contributed by atoms with Crippen LogP contribution in [0.25, 0.3) is 0 Å². The molecule has 27 heavy (non-hydrogen) atoms. The van der Waals surface area contributed by atoms with Crippen LogP contribution in [0.3, 0.4) is 0 Å². The molecule has 1 spiro atoms. The smallest absolute Gasteiger partial charge is 0.409 e. The molecule has 4 rings (SSSR count). The summed E-state index contributed by atoms with van der Waals surface area (Å²) in [7, 11) is 0. The van der Waals surface area contributed by atoms with Gasteiger partial charge in [0.2, 0.25) is 5.91 Å². The van der Waals surface area contributed by atoms with Crippen LogP contribution in [0.5, 0.6) is 0 Å². The SMILES string of the molecule is [2H]C([2H])([2H])C1(NC(=O)C2CCN([C@H]3C[C@@]4(CCN(C(=O)OCC)C4)C3)CC2)CCC1. The minimum Gasteiger partial charge on any atom is -0.450 e. The molecule has 6 heteroatoms. The molecule has 2 saturated heterocycles. The van der Waals surface area contributed by atoms with E-state index in [1.54, 1.807) is 0 Å². The fourth-order valence-electron chi connectivity index (χ4n) is 5.36. The van der Waals surface area contributed by atoms with Gasteiger partial charge in [-0.1, -0.05) is 0 Å². The lowest BCUT2D eigenvalue weighted by atomic mass is 9.64. The van der Waals surface area contributed by atoms with Crippen molar-refractivity contribution in [2.24, 2.45) is 11.3 Å². The Bertz CT molecular complexity index is 666. The Morgan fingerprint density at radius 1 is 1.19 bits per heavy atom. The van der Waals surface area contributed by atoms with Crippen LogP contribution in [0.2, 0.25) is 0 Å². The summed E-state index contributed by atoms with van der Waals surface area (Å²) < 4.78 is 28.5. The molecule has 0 bridgehead atoms. The van der Waals surface area contributed by atoms with E-state index < -0.39 is 12.4 Å². The fourth-order valence-corrected chi connectivity index (χ4v) is 5.36. The number of nitrogens with zero attached hydrogens (tertiary/aromatic N) is 2. The molecule has 0 unspecified atom stereocenters. The second-order valence-corrected chi connectivity index (χ2v) is 9.17. The van der Waals surface area contributed by atoms with Crippen LogP contribution in [0.15, 0.2) is 0 Å². The second kappa shape index (κ2) is 7.26. The quantitative estimate of drug-likeness (QED) is 0.815. The molecule has 2 saturated carbocycles. The van der Waals surface area contributed by atoms with Gasteiger partial charge in [-0.3, -0.25) is 4.79 Å². The largest absolute Gasteiger partial charge is 0.450 e. The van der Waals surface area contributed by atoms with Crippen molar-refractivity contribution in [1.82, 2.24) is 15.1 Å². The Morgan fingerprint density at radius 3 is 2.52 bits per heavy atom. The average Bonchev–Trinajstić information content (AvgIpc) is 3.08. The molecule has 4 fully saturated rings. The molecular weight excluding hydrogens is 342 g/mol. The molecule has 0 aromatic rings. The van der Waals surface area contributed by atoms with Crippen molar-refractivity contribution in [1.29, 1.82) is 0 Å². The zero-order valence-corrected chi connectivity index (χ0v) is 16.5. The van der Waals surface area contributed by atoms with Gasteiger partial charge in [-0.15, -0.1) is 0 Å². The summed E-state index contributed by atoms with van der Waals surface area (Å²) in [6, 6.07) is 0.538. The molecule has 6 nitrogen and oxygen atoms in total. The highest BCUT2D eigenvalue weighted by Crippen LogP contribution is 2.50. The molecule has 2 heterocycles. The highest BCUT2D eigenvalue weighted by molar-refractivity contribution is 5.79. The molecule has 152 valence electrons. The van der Waals surface area contributed by atoms with E-state index in [1.165, 1.54) is 0 Å². The first-order chi connectivity index (χ1) is 14.2. The van der Waals surface area contributed by atoms with Gasteiger partial charge in [0.15, 0.2) is 0 Å². The average molecular weight is 381 g/mol. The van der Waals surface area contributed by atoms with Gasteiger partial charge in [0.25, 0.3) is 0 Å². The van der Waals surface area contributed by atoms with Crippen LogP contribution in [0.1, 0.15) is 69.3 Å². The van der Waals surface area contributed by atoms with Gasteiger partial charge in [0.1, 0.15) is 0 Å². The van der Waals surface area contributed by atoms with Crippen LogP contribution >= 0.6 is 0 Å². The van der Waals surface area contributed by atoms with Gasteiger partial charge in [-0.2, -0.15) is 0 Å². The van der Waals surface area contributed by atoms with E-state index in [4.69, 9.17) is 8.85 Å². The Balaban J connectivity index is 1.22. The number of hydrogen-bond donors (Lipinski definition) is 1. The van der Waals surface area contributed by atoms with Gasteiger partial charge in [0.05, 0.1) is 6.61 Å². The van der Waals surface area contributed by atoms with Crippen LogP contribution in [0, 0.1) is 11.3 Å². The number of amides is 2. The second-order valence-electron chi connectivity index (χ2n) is 9.17. The number of likely N-dealkylation sites (tertiary alicyclic amines) is 2.